The Balaban J connectivity index is 1.78. The number of carbonyl (C=O) groups excluding carboxylic acids is 1. The van der Waals surface area contributed by atoms with Gasteiger partial charge in [0.15, 0.2) is 0 Å². The van der Waals surface area contributed by atoms with E-state index < -0.39 is 0 Å². The number of nitrogens with zero attached hydrogens (tertiary/aromatic N) is 4. The standard InChI is InChI=1S/C17H19N5O2/c1-12(2)21-11-14(9-19-21)20-17(23)13-8-18-22(10-13)15-6-4-5-7-16(15)24-3/h4-12H,1-3H3,(H,20,23). The molecule has 1 amide bonds. The quantitative estimate of drug-likeness (QED) is 0.783. The van der Waals surface area contributed by atoms with E-state index in [0.717, 1.165) is 5.69 Å². The maximum Gasteiger partial charge on any atom is 0.258 e. The summed E-state index contributed by atoms with van der Waals surface area (Å²) in [6.07, 6.45) is 6.62. The number of hydrogen-bond acceptors (Lipinski definition) is 4. The monoisotopic (exact) mass is 325 g/mol. The Morgan fingerprint density at radius 2 is 1.96 bits per heavy atom. The van der Waals surface area contributed by atoms with Crippen LogP contribution >= 0.6 is 0 Å². The van der Waals surface area contributed by atoms with Crippen LogP contribution in [0.2, 0.25) is 0 Å². The van der Waals surface area contributed by atoms with Crippen molar-refractivity contribution in [1.29, 1.82) is 0 Å². The minimum absolute atomic E-state index is 0.237. The van der Waals surface area contributed by atoms with E-state index in [1.165, 1.54) is 6.20 Å². The summed E-state index contributed by atoms with van der Waals surface area (Å²) < 4.78 is 8.72. The predicted octanol–water partition coefficient (Wildman–Crippen LogP) is 2.91. The molecule has 0 aliphatic heterocycles. The number of amides is 1. The Labute approximate surface area is 139 Å². The summed E-state index contributed by atoms with van der Waals surface area (Å²) in [4.78, 5) is 12.4. The maximum absolute atomic E-state index is 12.4. The van der Waals surface area contributed by atoms with Gasteiger partial charge in [-0.25, -0.2) is 4.68 Å². The van der Waals surface area contributed by atoms with Gasteiger partial charge in [-0.2, -0.15) is 10.2 Å². The SMILES string of the molecule is COc1ccccc1-n1cc(C(=O)Nc2cnn(C(C)C)c2)cn1. The Morgan fingerprint density at radius 3 is 2.67 bits per heavy atom. The lowest BCUT2D eigenvalue weighted by Gasteiger charge is -2.07. The van der Waals surface area contributed by atoms with Crippen LogP contribution in [0.5, 0.6) is 5.75 Å². The number of nitrogens with one attached hydrogen (secondary N) is 1. The fourth-order valence-corrected chi connectivity index (χ4v) is 2.28. The number of rotatable bonds is 5. The van der Waals surface area contributed by atoms with Gasteiger partial charge in [-0.15, -0.1) is 0 Å². The second-order valence-electron chi connectivity index (χ2n) is 5.60. The van der Waals surface area contributed by atoms with Crippen LogP contribution in [0.4, 0.5) is 5.69 Å². The summed E-state index contributed by atoms with van der Waals surface area (Å²) in [5, 5.41) is 11.3. The summed E-state index contributed by atoms with van der Waals surface area (Å²) in [5.74, 6) is 0.449. The van der Waals surface area contributed by atoms with Crippen molar-refractivity contribution < 1.29 is 9.53 Å². The molecule has 1 N–H and O–H groups in total. The summed E-state index contributed by atoms with van der Waals surface area (Å²) in [5.41, 5.74) is 1.88. The van der Waals surface area contributed by atoms with Crippen molar-refractivity contribution in [3.63, 3.8) is 0 Å². The van der Waals surface area contributed by atoms with Gasteiger partial charge < -0.3 is 10.1 Å². The predicted molar refractivity (Wildman–Crippen MR) is 90.7 cm³/mol. The van der Waals surface area contributed by atoms with Crippen LogP contribution in [0, 0.1) is 0 Å². The topological polar surface area (TPSA) is 74.0 Å². The van der Waals surface area contributed by atoms with E-state index in [-0.39, 0.29) is 11.9 Å². The molecule has 3 rings (SSSR count). The number of benzene rings is 1. The normalized spacial score (nSPS) is 10.8. The van der Waals surface area contributed by atoms with Crippen LogP contribution in [-0.2, 0) is 0 Å². The van der Waals surface area contributed by atoms with E-state index in [1.807, 2.05) is 38.1 Å². The summed E-state index contributed by atoms with van der Waals surface area (Å²) in [7, 11) is 1.60. The van der Waals surface area contributed by atoms with Crippen molar-refractivity contribution in [1.82, 2.24) is 19.6 Å². The number of aromatic nitrogens is 4. The Morgan fingerprint density at radius 1 is 1.17 bits per heavy atom. The second-order valence-corrected chi connectivity index (χ2v) is 5.60. The third-order valence-corrected chi connectivity index (χ3v) is 3.57. The fourth-order valence-electron chi connectivity index (χ4n) is 2.28. The van der Waals surface area contributed by atoms with Gasteiger partial charge in [-0.1, -0.05) is 12.1 Å². The second kappa shape index (κ2) is 6.57. The molecule has 0 unspecified atom stereocenters. The first-order valence-electron chi connectivity index (χ1n) is 7.62. The highest BCUT2D eigenvalue weighted by atomic mass is 16.5. The first-order valence-corrected chi connectivity index (χ1v) is 7.62. The maximum atomic E-state index is 12.4. The Kier molecular flexibility index (Phi) is 4.33. The van der Waals surface area contributed by atoms with E-state index in [9.17, 15) is 4.79 Å². The molecule has 2 heterocycles. The van der Waals surface area contributed by atoms with Gasteiger partial charge in [0, 0.05) is 18.4 Å². The van der Waals surface area contributed by atoms with Crippen LogP contribution in [0.1, 0.15) is 30.2 Å². The van der Waals surface area contributed by atoms with E-state index >= 15 is 0 Å². The molecule has 0 spiro atoms. The Bertz CT molecular complexity index is 850. The van der Waals surface area contributed by atoms with Crippen LogP contribution in [-0.4, -0.2) is 32.6 Å². The molecule has 0 bridgehead atoms. The van der Waals surface area contributed by atoms with Crippen molar-refractivity contribution in [2.24, 2.45) is 0 Å². The molecule has 124 valence electrons. The van der Waals surface area contributed by atoms with Gasteiger partial charge in [0.1, 0.15) is 11.4 Å². The molecule has 24 heavy (non-hydrogen) atoms. The van der Waals surface area contributed by atoms with Crippen LogP contribution < -0.4 is 10.1 Å². The van der Waals surface area contributed by atoms with Crippen molar-refractivity contribution in [2.45, 2.75) is 19.9 Å². The zero-order valence-corrected chi connectivity index (χ0v) is 13.8. The molecule has 0 saturated heterocycles. The summed E-state index contributed by atoms with van der Waals surface area (Å²) in [6.45, 7) is 4.05. The number of para-hydroxylation sites is 2. The van der Waals surface area contributed by atoms with E-state index in [1.54, 1.807) is 35.1 Å². The van der Waals surface area contributed by atoms with Crippen LogP contribution in [0.3, 0.4) is 0 Å². The van der Waals surface area contributed by atoms with E-state index in [4.69, 9.17) is 4.74 Å². The molecule has 1 aromatic carbocycles. The van der Waals surface area contributed by atoms with Gasteiger partial charge in [0.2, 0.25) is 0 Å². The molecule has 0 saturated carbocycles. The number of carbonyl (C=O) groups is 1. The van der Waals surface area contributed by atoms with E-state index in [2.05, 4.69) is 15.5 Å². The zero-order chi connectivity index (χ0) is 17.1. The Hall–Kier alpha value is -3.09. The lowest BCUT2D eigenvalue weighted by atomic mass is 10.3. The van der Waals surface area contributed by atoms with Gasteiger partial charge in [-0.3, -0.25) is 9.48 Å². The zero-order valence-electron chi connectivity index (χ0n) is 13.8. The van der Waals surface area contributed by atoms with Gasteiger partial charge in [0.25, 0.3) is 5.91 Å². The van der Waals surface area contributed by atoms with Crippen LogP contribution in [0.25, 0.3) is 5.69 Å². The van der Waals surface area contributed by atoms with Crippen molar-refractivity contribution in [3.8, 4) is 11.4 Å². The molecule has 0 aliphatic carbocycles. The van der Waals surface area contributed by atoms with Crippen molar-refractivity contribution in [2.75, 3.05) is 12.4 Å². The molecule has 0 fully saturated rings. The highest BCUT2D eigenvalue weighted by Gasteiger charge is 2.13. The molecule has 7 nitrogen and oxygen atoms in total. The first-order chi connectivity index (χ1) is 11.6. The molecule has 3 aromatic rings. The summed E-state index contributed by atoms with van der Waals surface area (Å²) in [6, 6.07) is 7.73. The van der Waals surface area contributed by atoms with Gasteiger partial charge in [0.05, 0.1) is 30.8 Å². The van der Waals surface area contributed by atoms with Crippen molar-refractivity contribution in [3.05, 3.63) is 54.6 Å². The highest BCUT2D eigenvalue weighted by molar-refractivity contribution is 6.03. The third kappa shape index (κ3) is 3.15. The lowest BCUT2D eigenvalue weighted by Crippen LogP contribution is -2.10. The minimum Gasteiger partial charge on any atom is -0.494 e. The third-order valence-electron chi connectivity index (χ3n) is 3.57. The molecule has 7 heteroatoms. The number of ether oxygens (including phenoxy) is 1. The van der Waals surface area contributed by atoms with Crippen molar-refractivity contribution >= 4 is 11.6 Å². The van der Waals surface area contributed by atoms with Gasteiger partial charge >= 0.3 is 0 Å². The largest absolute Gasteiger partial charge is 0.494 e. The van der Waals surface area contributed by atoms with E-state index in [0.29, 0.717) is 17.0 Å². The fraction of sp³-hybridized carbons (Fsp3) is 0.235. The highest BCUT2D eigenvalue weighted by Crippen LogP contribution is 2.21. The van der Waals surface area contributed by atoms with Gasteiger partial charge in [-0.05, 0) is 26.0 Å². The van der Waals surface area contributed by atoms with Crippen LogP contribution in [0.15, 0.2) is 49.1 Å². The number of methoxy groups -OCH3 is 1. The average molecular weight is 325 g/mol. The molecule has 0 radical (unpaired) electrons. The molecular formula is C17H19N5O2. The number of hydrogen-bond donors (Lipinski definition) is 1. The molecule has 0 aliphatic rings. The smallest absolute Gasteiger partial charge is 0.258 e. The average Bonchev–Trinajstić information content (AvgIpc) is 3.24. The first kappa shape index (κ1) is 15.8. The number of anilines is 1. The minimum atomic E-state index is -0.237. The molecule has 0 atom stereocenters. The molecular weight excluding hydrogens is 306 g/mol. The molecule has 2 aromatic heterocycles. The lowest BCUT2D eigenvalue weighted by molar-refractivity contribution is 0.102. The summed E-state index contributed by atoms with van der Waals surface area (Å²) >= 11 is 0.